The zero-order valence-electron chi connectivity index (χ0n) is 11.4. The van der Waals surface area contributed by atoms with Crippen molar-refractivity contribution in [2.24, 2.45) is 0 Å². The van der Waals surface area contributed by atoms with E-state index in [0.29, 0.717) is 32.0 Å². The van der Waals surface area contributed by atoms with Crippen molar-refractivity contribution in [1.29, 1.82) is 0 Å². The lowest BCUT2D eigenvalue weighted by atomic mass is 9.99. The minimum Gasteiger partial charge on any atom is -0.479 e. The van der Waals surface area contributed by atoms with Gasteiger partial charge in [-0.05, 0) is 25.0 Å². The van der Waals surface area contributed by atoms with E-state index in [2.05, 4.69) is 5.32 Å². The number of carbonyl (C=O) groups excluding carboxylic acids is 1. The monoisotopic (exact) mass is 303 g/mol. The molecule has 0 saturated carbocycles. The van der Waals surface area contributed by atoms with Gasteiger partial charge in [-0.2, -0.15) is 11.8 Å². The molecule has 2 heterocycles. The molecule has 20 heavy (non-hydrogen) atoms. The molecule has 2 saturated heterocycles. The third-order valence-corrected chi connectivity index (χ3v) is 4.85. The van der Waals surface area contributed by atoms with E-state index < -0.39 is 11.5 Å². The molecule has 2 aliphatic heterocycles. The lowest BCUT2D eigenvalue weighted by Gasteiger charge is -2.25. The highest BCUT2D eigenvalue weighted by atomic mass is 32.2. The number of hydrogen-bond donors (Lipinski definition) is 2. The standard InChI is InChI=1S/C13H21NO5S/c15-11(3-7-19-10-1-5-18-6-2-10)14-13(12(16)17)4-8-20-9-13/h10H,1-9H2,(H,14,15)(H,16,17). The molecule has 1 amide bonds. The van der Waals surface area contributed by atoms with Crippen LogP contribution in [-0.4, -0.2) is 60.0 Å². The van der Waals surface area contributed by atoms with Crippen molar-refractivity contribution in [3.8, 4) is 0 Å². The molecule has 0 aromatic heterocycles. The number of thioether (sulfide) groups is 1. The topological polar surface area (TPSA) is 84.9 Å². The Morgan fingerprint density at radius 1 is 1.40 bits per heavy atom. The Kier molecular flexibility index (Phi) is 5.68. The number of carboxylic acid groups (broad SMARTS) is 1. The van der Waals surface area contributed by atoms with E-state index in [1.54, 1.807) is 11.8 Å². The van der Waals surface area contributed by atoms with Gasteiger partial charge < -0.3 is 19.9 Å². The van der Waals surface area contributed by atoms with Crippen molar-refractivity contribution < 1.29 is 24.2 Å². The van der Waals surface area contributed by atoms with Crippen molar-refractivity contribution in [1.82, 2.24) is 5.32 Å². The molecule has 6 nitrogen and oxygen atoms in total. The minimum atomic E-state index is -1.08. The summed E-state index contributed by atoms with van der Waals surface area (Å²) in [4.78, 5) is 23.2. The SMILES string of the molecule is O=C(CCOC1CCOCC1)NC1(C(=O)O)CCSC1. The molecule has 2 fully saturated rings. The number of ether oxygens (including phenoxy) is 2. The molecule has 0 aromatic rings. The molecule has 0 spiro atoms. The van der Waals surface area contributed by atoms with Gasteiger partial charge in [0.2, 0.25) is 5.91 Å². The summed E-state index contributed by atoms with van der Waals surface area (Å²) in [7, 11) is 0. The summed E-state index contributed by atoms with van der Waals surface area (Å²) in [5.74, 6) is 0.0169. The van der Waals surface area contributed by atoms with Crippen molar-refractivity contribution >= 4 is 23.6 Å². The van der Waals surface area contributed by atoms with E-state index in [-0.39, 0.29) is 18.4 Å². The molecule has 1 unspecified atom stereocenters. The average Bonchev–Trinajstić information content (AvgIpc) is 2.90. The molecule has 0 bridgehead atoms. The first-order valence-electron chi connectivity index (χ1n) is 6.94. The molecule has 2 rings (SSSR count). The first kappa shape index (κ1) is 15.6. The highest BCUT2D eigenvalue weighted by molar-refractivity contribution is 7.99. The number of rotatable bonds is 6. The van der Waals surface area contributed by atoms with Crippen LogP contribution in [0.1, 0.15) is 25.7 Å². The molecule has 114 valence electrons. The van der Waals surface area contributed by atoms with Crippen LogP contribution in [0.15, 0.2) is 0 Å². The summed E-state index contributed by atoms with van der Waals surface area (Å²) in [6.07, 6.45) is 2.57. The molecule has 0 aromatic carbocycles. The van der Waals surface area contributed by atoms with E-state index in [0.717, 1.165) is 18.6 Å². The Hall–Kier alpha value is -0.790. The Balaban J connectivity index is 1.70. The maximum Gasteiger partial charge on any atom is 0.330 e. The zero-order valence-corrected chi connectivity index (χ0v) is 12.2. The summed E-state index contributed by atoms with van der Waals surface area (Å²) in [5.41, 5.74) is -1.08. The van der Waals surface area contributed by atoms with Crippen molar-refractivity contribution in [2.45, 2.75) is 37.3 Å². The van der Waals surface area contributed by atoms with E-state index >= 15 is 0 Å². The highest BCUT2D eigenvalue weighted by Crippen LogP contribution is 2.28. The lowest BCUT2D eigenvalue weighted by Crippen LogP contribution is -2.54. The van der Waals surface area contributed by atoms with Crippen molar-refractivity contribution in [3.05, 3.63) is 0 Å². The smallest absolute Gasteiger partial charge is 0.330 e. The quantitative estimate of drug-likeness (QED) is 0.749. The molecule has 0 aliphatic carbocycles. The molecule has 2 aliphatic rings. The summed E-state index contributed by atoms with van der Waals surface area (Å²) >= 11 is 1.56. The Morgan fingerprint density at radius 2 is 2.15 bits per heavy atom. The summed E-state index contributed by atoms with van der Waals surface area (Å²) in [5, 5.41) is 11.9. The van der Waals surface area contributed by atoms with Gasteiger partial charge in [0.1, 0.15) is 5.54 Å². The van der Waals surface area contributed by atoms with Crippen LogP contribution < -0.4 is 5.32 Å². The number of carbonyl (C=O) groups is 2. The number of amides is 1. The van der Waals surface area contributed by atoms with Crippen LogP contribution in [0.5, 0.6) is 0 Å². The Morgan fingerprint density at radius 3 is 2.75 bits per heavy atom. The van der Waals surface area contributed by atoms with Gasteiger partial charge in [-0.25, -0.2) is 4.79 Å². The second-order valence-electron chi connectivity index (χ2n) is 5.17. The van der Waals surface area contributed by atoms with E-state index in [1.165, 1.54) is 0 Å². The molecule has 2 N–H and O–H groups in total. The van der Waals surface area contributed by atoms with Crippen molar-refractivity contribution in [2.75, 3.05) is 31.3 Å². The van der Waals surface area contributed by atoms with Crippen LogP contribution in [0.3, 0.4) is 0 Å². The fraction of sp³-hybridized carbons (Fsp3) is 0.846. The highest BCUT2D eigenvalue weighted by Gasteiger charge is 2.43. The van der Waals surface area contributed by atoms with Crippen LogP contribution in [0.4, 0.5) is 0 Å². The number of aliphatic carboxylic acids is 1. The third kappa shape index (κ3) is 4.10. The van der Waals surface area contributed by atoms with Gasteiger partial charge in [0, 0.05) is 25.4 Å². The second kappa shape index (κ2) is 7.28. The van der Waals surface area contributed by atoms with Crippen LogP contribution in [0, 0.1) is 0 Å². The largest absolute Gasteiger partial charge is 0.479 e. The molecular formula is C13H21NO5S. The van der Waals surface area contributed by atoms with Crippen LogP contribution in [0.25, 0.3) is 0 Å². The predicted molar refractivity (Wildman–Crippen MR) is 74.9 cm³/mol. The molecule has 0 radical (unpaired) electrons. The molecule has 1 atom stereocenters. The molecule has 7 heteroatoms. The molecular weight excluding hydrogens is 282 g/mol. The normalized spacial score (nSPS) is 27.4. The number of nitrogens with one attached hydrogen (secondary N) is 1. The number of hydrogen-bond acceptors (Lipinski definition) is 5. The van der Waals surface area contributed by atoms with Gasteiger partial charge in [0.25, 0.3) is 0 Å². The van der Waals surface area contributed by atoms with Gasteiger partial charge in [0.15, 0.2) is 0 Å². The first-order valence-corrected chi connectivity index (χ1v) is 8.09. The average molecular weight is 303 g/mol. The van der Waals surface area contributed by atoms with Crippen LogP contribution in [0.2, 0.25) is 0 Å². The fourth-order valence-electron chi connectivity index (χ4n) is 2.38. The van der Waals surface area contributed by atoms with Gasteiger partial charge in [-0.1, -0.05) is 0 Å². The van der Waals surface area contributed by atoms with Gasteiger partial charge in [-0.15, -0.1) is 0 Å². The minimum absolute atomic E-state index is 0.159. The third-order valence-electron chi connectivity index (χ3n) is 3.66. The Bertz CT molecular complexity index is 351. The number of carboxylic acids is 1. The van der Waals surface area contributed by atoms with Gasteiger partial charge >= 0.3 is 5.97 Å². The fourth-order valence-corrected chi connectivity index (χ4v) is 3.70. The van der Waals surface area contributed by atoms with Crippen molar-refractivity contribution in [3.63, 3.8) is 0 Å². The van der Waals surface area contributed by atoms with Crippen LogP contribution in [-0.2, 0) is 19.1 Å². The summed E-state index contributed by atoms with van der Waals surface area (Å²) in [6, 6.07) is 0. The van der Waals surface area contributed by atoms with Crippen LogP contribution >= 0.6 is 11.8 Å². The zero-order chi connectivity index (χ0) is 14.4. The lowest BCUT2D eigenvalue weighted by molar-refractivity contribution is -0.146. The van der Waals surface area contributed by atoms with E-state index in [1.807, 2.05) is 0 Å². The first-order chi connectivity index (χ1) is 9.62. The van der Waals surface area contributed by atoms with E-state index in [9.17, 15) is 14.7 Å². The maximum atomic E-state index is 11.9. The Labute approximate surface area is 122 Å². The predicted octanol–water partition coefficient (Wildman–Crippen LogP) is 0.649. The summed E-state index contributed by atoms with van der Waals surface area (Å²) < 4.78 is 10.8. The maximum absolute atomic E-state index is 11.9. The van der Waals surface area contributed by atoms with Gasteiger partial charge in [-0.3, -0.25) is 4.79 Å². The van der Waals surface area contributed by atoms with Gasteiger partial charge in [0.05, 0.1) is 12.7 Å². The second-order valence-corrected chi connectivity index (χ2v) is 6.28. The van der Waals surface area contributed by atoms with E-state index in [4.69, 9.17) is 9.47 Å². The summed E-state index contributed by atoms with van der Waals surface area (Å²) in [6.45, 7) is 1.74.